The number of H-pyrrole nitrogens is 1. The van der Waals surface area contributed by atoms with E-state index in [9.17, 15) is 9.59 Å². The van der Waals surface area contributed by atoms with Crippen molar-refractivity contribution in [1.82, 2.24) is 20.2 Å². The number of hydrogen-bond acceptors (Lipinski definition) is 6. The van der Waals surface area contributed by atoms with Crippen molar-refractivity contribution >= 4 is 11.8 Å². The molecule has 0 saturated heterocycles. The number of hydrogen-bond donors (Lipinski definition) is 1. The van der Waals surface area contributed by atoms with Crippen molar-refractivity contribution in [3.63, 3.8) is 0 Å². The molecule has 3 aromatic rings. The minimum Gasteiger partial charge on any atom is -0.244 e. The van der Waals surface area contributed by atoms with Crippen LogP contribution in [0.1, 0.15) is 52.7 Å². The summed E-state index contributed by atoms with van der Waals surface area (Å²) in [6, 6.07) is 15.2. The molecule has 0 atom stereocenters. The minimum atomic E-state index is -0.314. The molecule has 2 aromatic carbocycles. The van der Waals surface area contributed by atoms with Crippen molar-refractivity contribution in [2.24, 2.45) is 10.1 Å². The Hall–Kier alpha value is -4.00. The highest BCUT2D eigenvalue weighted by Crippen LogP contribution is 2.17. The highest BCUT2D eigenvalue weighted by molar-refractivity contribution is 5.53. The Kier molecular flexibility index (Phi) is 20.1. The molecule has 0 unspecified atom stereocenters. The molecule has 0 radical (unpaired) electrons. The number of rotatable bonds is 4. The van der Waals surface area contributed by atoms with E-state index in [1.54, 1.807) is 0 Å². The minimum absolute atomic E-state index is 0.314. The lowest BCUT2D eigenvalue weighted by atomic mass is 10.1. The van der Waals surface area contributed by atoms with Gasteiger partial charge in [-0.05, 0) is 52.1 Å². The van der Waals surface area contributed by atoms with Crippen LogP contribution in [-0.2, 0) is 17.6 Å². The molecule has 0 aliphatic rings. The first-order chi connectivity index (χ1) is 16.1. The van der Waals surface area contributed by atoms with Crippen molar-refractivity contribution in [3.05, 3.63) is 80.6 Å². The molecule has 0 spiro atoms. The second-order valence-electron chi connectivity index (χ2n) is 5.38. The maximum Gasteiger partial charge on any atom is 0.365 e. The summed E-state index contributed by atoms with van der Waals surface area (Å²) in [5.74, 6) is 0. The average Bonchev–Trinajstić information content (AvgIpc) is 3.33. The molecule has 0 bridgehead atoms. The predicted molar refractivity (Wildman–Crippen MR) is 133 cm³/mol. The van der Waals surface area contributed by atoms with E-state index in [1.807, 2.05) is 90.1 Å². The third-order valence-electron chi connectivity index (χ3n) is 3.70. The first-order valence-electron chi connectivity index (χ1n) is 10.8. The van der Waals surface area contributed by atoms with Crippen LogP contribution < -0.4 is 5.69 Å². The largest absolute Gasteiger partial charge is 0.365 e. The van der Waals surface area contributed by atoms with E-state index in [4.69, 9.17) is 5.53 Å². The van der Waals surface area contributed by atoms with Crippen LogP contribution in [0.4, 0.5) is 5.69 Å². The number of aliphatic imine (C=N–C) groups is 1. The van der Waals surface area contributed by atoms with E-state index in [2.05, 4.69) is 30.5 Å². The quantitative estimate of drug-likeness (QED) is 0.177. The number of carbonyl (C=O) groups excluding carboxylic acids is 1. The van der Waals surface area contributed by atoms with Crippen LogP contribution in [0.15, 0.2) is 63.4 Å². The molecule has 0 saturated carbocycles. The molecule has 1 aromatic heterocycles. The van der Waals surface area contributed by atoms with Crippen LogP contribution in [0.25, 0.3) is 16.1 Å². The van der Waals surface area contributed by atoms with Gasteiger partial charge in [0.2, 0.25) is 6.08 Å². The Balaban J connectivity index is 0. The van der Waals surface area contributed by atoms with Gasteiger partial charge in [-0.25, -0.2) is 14.7 Å². The standard InChI is InChI=1S/C9H10N4O.C9H9NO.2C2H6.CH3N3/c1-2-7-5-3-4-6-8(7)13-9(14)10-11-12-13;1-2-8-5-3-4-6-9(8)10-7-11;2*1-2;1-3-4-2/h3-6H,2H2,1H3,(H,10,12,14);3-6H,2H2,1H3;2*1-2H3;1H3. The summed E-state index contributed by atoms with van der Waals surface area (Å²) in [5.41, 5.74) is 10.7. The molecule has 3 rings (SSSR count). The predicted octanol–water partition coefficient (Wildman–Crippen LogP) is 5.71. The van der Waals surface area contributed by atoms with E-state index in [0.29, 0.717) is 0 Å². The number of azide groups is 1. The number of aromatic nitrogens is 4. The van der Waals surface area contributed by atoms with Crippen LogP contribution >= 0.6 is 0 Å². The lowest BCUT2D eigenvalue weighted by molar-refractivity contribution is 0.565. The van der Waals surface area contributed by atoms with Crippen molar-refractivity contribution in [2.75, 3.05) is 7.05 Å². The van der Waals surface area contributed by atoms with Crippen molar-refractivity contribution in [2.45, 2.75) is 54.4 Å². The zero-order valence-corrected chi connectivity index (χ0v) is 20.5. The molecule has 0 aliphatic heterocycles. The van der Waals surface area contributed by atoms with E-state index in [1.165, 1.54) is 17.8 Å². The van der Waals surface area contributed by atoms with Gasteiger partial charge in [-0.15, -0.1) is 0 Å². The maximum absolute atomic E-state index is 11.3. The molecule has 178 valence electrons. The fourth-order valence-corrected chi connectivity index (χ4v) is 2.34. The molecule has 0 aliphatic carbocycles. The zero-order chi connectivity index (χ0) is 25.5. The number of aromatic amines is 1. The number of aryl methyl sites for hydroxylation is 2. The smallest absolute Gasteiger partial charge is 0.244 e. The van der Waals surface area contributed by atoms with Gasteiger partial charge >= 0.3 is 5.69 Å². The monoisotopic (exact) mass is 454 g/mol. The van der Waals surface area contributed by atoms with Gasteiger partial charge in [0.25, 0.3) is 0 Å². The van der Waals surface area contributed by atoms with Gasteiger partial charge in [-0.3, -0.25) is 0 Å². The van der Waals surface area contributed by atoms with Crippen molar-refractivity contribution in [3.8, 4) is 5.69 Å². The molecule has 0 amide bonds. The van der Waals surface area contributed by atoms with E-state index in [-0.39, 0.29) is 5.69 Å². The van der Waals surface area contributed by atoms with Gasteiger partial charge in [0.15, 0.2) is 0 Å². The Morgan fingerprint density at radius 2 is 1.52 bits per heavy atom. The Labute approximate surface area is 195 Å². The summed E-state index contributed by atoms with van der Waals surface area (Å²) in [5, 5.41) is 12.3. The van der Waals surface area contributed by atoms with Gasteiger partial charge in [0.05, 0.1) is 11.4 Å². The Morgan fingerprint density at radius 1 is 1.00 bits per heavy atom. The van der Waals surface area contributed by atoms with Crippen molar-refractivity contribution < 1.29 is 4.79 Å². The third kappa shape index (κ3) is 11.8. The first kappa shape index (κ1) is 31.2. The summed E-state index contributed by atoms with van der Waals surface area (Å²) >= 11 is 0. The van der Waals surface area contributed by atoms with Crippen LogP contribution in [0.3, 0.4) is 0 Å². The fraction of sp³-hybridized carbons (Fsp3) is 0.391. The highest BCUT2D eigenvalue weighted by atomic mass is 16.2. The van der Waals surface area contributed by atoms with Crippen molar-refractivity contribution in [1.29, 1.82) is 0 Å². The summed E-state index contributed by atoms with van der Waals surface area (Å²) < 4.78 is 1.26. The molecule has 10 nitrogen and oxygen atoms in total. The second kappa shape index (κ2) is 21.2. The average molecular weight is 455 g/mol. The maximum atomic E-state index is 11.3. The lowest BCUT2D eigenvalue weighted by Gasteiger charge is -2.03. The molecule has 10 heteroatoms. The van der Waals surface area contributed by atoms with Gasteiger partial charge in [-0.1, -0.05) is 83.1 Å². The number of tetrazole rings is 1. The fourth-order valence-electron chi connectivity index (χ4n) is 2.34. The first-order valence-corrected chi connectivity index (χ1v) is 10.8. The SMILES string of the molecule is CC.CC.CCc1ccccc1-n1nn[nH]c1=O.CCc1ccccc1N=C=O.CN=[N+]=[N-]. The number of para-hydroxylation sites is 2. The van der Waals surface area contributed by atoms with Crippen LogP contribution in [-0.4, -0.2) is 33.3 Å². The van der Waals surface area contributed by atoms with Gasteiger partial charge in [0.1, 0.15) is 0 Å². The lowest BCUT2D eigenvalue weighted by Crippen LogP contribution is -2.17. The number of nitrogens with one attached hydrogen (secondary N) is 1. The van der Waals surface area contributed by atoms with E-state index < -0.39 is 0 Å². The van der Waals surface area contributed by atoms with Gasteiger partial charge in [-0.2, -0.15) is 9.67 Å². The number of benzene rings is 2. The van der Waals surface area contributed by atoms with E-state index >= 15 is 0 Å². The van der Waals surface area contributed by atoms with Crippen LogP contribution in [0, 0.1) is 0 Å². The summed E-state index contributed by atoms with van der Waals surface area (Å²) in [6.45, 7) is 12.1. The van der Waals surface area contributed by atoms with Gasteiger partial charge < -0.3 is 0 Å². The third-order valence-corrected chi connectivity index (χ3v) is 3.70. The molecule has 1 N–H and O–H groups in total. The summed E-state index contributed by atoms with van der Waals surface area (Å²) in [7, 11) is 1.39. The zero-order valence-electron chi connectivity index (χ0n) is 20.5. The number of nitrogens with zero attached hydrogens (tertiary/aromatic N) is 7. The molecule has 33 heavy (non-hydrogen) atoms. The topological polar surface area (TPSA) is 142 Å². The Bertz CT molecular complexity index is 1050. The van der Waals surface area contributed by atoms with Gasteiger partial charge in [0, 0.05) is 12.0 Å². The molecule has 1 heterocycles. The summed E-state index contributed by atoms with van der Waals surface area (Å²) in [6.07, 6.45) is 3.28. The summed E-state index contributed by atoms with van der Waals surface area (Å²) in [4.78, 5) is 27.2. The van der Waals surface area contributed by atoms with E-state index in [0.717, 1.165) is 35.3 Å². The normalized spacial score (nSPS) is 8.21. The molecular formula is C23H34N8O2. The second-order valence-corrected chi connectivity index (χ2v) is 5.38. The number of isocyanates is 1. The molecule has 0 fully saturated rings. The Morgan fingerprint density at radius 3 is 1.97 bits per heavy atom. The highest BCUT2D eigenvalue weighted by Gasteiger charge is 2.06. The van der Waals surface area contributed by atoms with Crippen LogP contribution in [0.5, 0.6) is 0 Å². The molecular weight excluding hydrogens is 420 g/mol. The van der Waals surface area contributed by atoms with Crippen LogP contribution in [0.2, 0.25) is 0 Å².